The Hall–Kier alpha value is -1.54. The molecule has 17 heavy (non-hydrogen) atoms. The van der Waals surface area contributed by atoms with Crippen LogP contribution in [0.4, 0.5) is 0 Å². The number of hydrogen-bond acceptors (Lipinski definition) is 4. The maximum Gasteiger partial charge on any atom is 0.151 e. The first-order chi connectivity index (χ1) is 7.72. The van der Waals surface area contributed by atoms with Gasteiger partial charge in [-0.2, -0.15) is 5.26 Å². The third-order valence-corrected chi connectivity index (χ3v) is 3.21. The fourth-order valence-corrected chi connectivity index (χ4v) is 2.90. The van der Waals surface area contributed by atoms with E-state index in [1.165, 1.54) is 6.26 Å². The van der Waals surface area contributed by atoms with Crippen molar-refractivity contribution >= 4 is 9.84 Å². The van der Waals surface area contributed by atoms with Gasteiger partial charge >= 0.3 is 0 Å². The minimum Gasteiger partial charge on any atom is -0.487 e. The van der Waals surface area contributed by atoms with Gasteiger partial charge in [0.05, 0.1) is 17.4 Å². The van der Waals surface area contributed by atoms with Gasteiger partial charge in [-0.25, -0.2) is 8.42 Å². The van der Waals surface area contributed by atoms with Crippen LogP contribution in [-0.4, -0.2) is 26.0 Å². The molecule has 0 aliphatic carbocycles. The van der Waals surface area contributed by atoms with Gasteiger partial charge in [0.15, 0.2) is 9.84 Å². The summed E-state index contributed by atoms with van der Waals surface area (Å²) < 4.78 is 28.0. The Labute approximate surface area is 102 Å². The van der Waals surface area contributed by atoms with Crippen LogP contribution in [0.1, 0.15) is 19.4 Å². The average molecular weight is 253 g/mol. The summed E-state index contributed by atoms with van der Waals surface area (Å²) in [6.07, 6.45) is 1.18. The molecule has 0 heterocycles. The van der Waals surface area contributed by atoms with Crippen molar-refractivity contribution in [2.24, 2.45) is 0 Å². The van der Waals surface area contributed by atoms with Crippen LogP contribution in [0.5, 0.6) is 5.75 Å². The minimum absolute atomic E-state index is 0.0556. The van der Waals surface area contributed by atoms with Crippen molar-refractivity contribution in [1.82, 2.24) is 0 Å². The lowest BCUT2D eigenvalue weighted by molar-refractivity contribution is 0.134. The molecule has 0 bridgehead atoms. The van der Waals surface area contributed by atoms with Gasteiger partial charge in [-0.05, 0) is 38.1 Å². The van der Waals surface area contributed by atoms with E-state index in [1.807, 2.05) is 6.07 Å². The summed E-state index contributed by atoms with van der Waals surface area (Å²) in [5, 5.41) is 8.64. The van der Waals surface area contributed by atoms with Crippen molar-refractivity contribution in [2.75, 3.05) is 12.0 Å². The quantitative estimate of drug-likeness (QED) is 0.820. The Kier molecular flexibility index (Phi) is 3.79. The van der Waals surface area contributed by atoms with E-state index in [0.717, 1.165) is 0 Å². The monoisotopic (exact) mass is 253 g/mol. The molecular formula is C12H15NO3S. The summed E-state index contributed by atoms with van der Waals surface area (Å²) in [6.45, 7) is 3.43. The fraction of sp³-hybridized carbons (Fsp3) is 0.417. The third kappa shape index (κ3) is 4.87. The third-order valence-electron chi connectivity index (χ3n) is 1.99. The molecule has 5 heteroatoms. The van der Waals surface area contributed by atoms with Crippen LogP contribution >= 0.6 is 0 Å². The van der Waals surface area contributed by atoms with Gasteiger partial charge in [0.25, 0.3) is 0 Å². The van der Waals surface area contributed by atoms with Crippen molar-refractivity contribution in [2.45, 2.75) is 19.4 Å². The summed E-state index contributed by atoms with van der Waals surface area (Å²) in [4.78, 5) is 0. The highest BCUT2D eigenvalue weighted by Gasteiger charge is 2.25. The standard InChI is InChI=1S/C12H15NO3S/c1-12(2,9-17(3,14)15)16-11-6-4-10(8-13)5-7-11/h4-7H,9H2,1-3H3. The molecule has 0 N–H and O–H groups in total. The van der Waals surface area contributed by atoms with Crippen LogP contribution in [0.3, 0.4) is 0 Å². The SMILES string of the molecule is CC(C)(CS(C)(=O)=O)Oc1ccc(C#N)cc1. The smallest absolute Gasteiger partial charge is 0.151 e. The molecule has 1 aromatic carbocycles. The lowest BCUT2D eigenvalue weighted by atomic mass is 10.1. The summed E-state index contributed by atoms with van der Waals surface area (Å²) in [6, 6.07) is 8.58. The molecular weight excluding hydrogens is 238 g/mol. The average Bonchev–Trinajstić information content (AvgIpc) is 2.14. The van der Waals surface area contributed by atoms with Crippen molar-refractivity contribution < 1.29 is 13.2 Å². The molecule has 0 fully saturated rings. The van der Waals surface area contributed by atoms with Crippen LogP contribution in [0.2, 0.25) is 0 Å². The van der Waals surface area contributed by atoms with E-state index in [1.54, 1.807) is 38.1 Å². The van der Waals surface area contributed by atoms with E-state index in [9.17, 15) is 8.42 Å². The molecule has 0 amide bonds. The van der Waals surface area contributed by atoms with Crippen LogP contribution in [-0.2, 0) is 9.84 Å². The van der Waals surface area contributed by atoms with E-state index in [2.05, 4.69) is 0 Å². The zero-order valence-electron chi connectivity index (χ0n) is 10.1. The molecule has 1 aromatic rings. The molecule has 1 rings (SSSR count). The van der Waals surface area contributed by atoms with Gasteiger partial charge in [0.1, 0.15) is 11.4 Å². The predicted octanol–water partition coefficient (Wildman–Crippen LogP) is 1.76. The van der Waals surface area contributed by atoms with Gasteiger partial charge in [0.2, 0.25) is 0 Å². The largest absolute Gasteiger partial charge is 0.487 e. The molecule has 0 atom stereocenters. The highest BCUT2D eigenvalue weighted by atomic mass is 32.2. The van der Waals surface area contributed by atoms with Gasteiger partial charge in [-0.1, -0.05) is 0 Å². The second kappa shape index (κ2) is 4.76. The van der Waals surface area contributed by atoms with Crippen molar-refractivity contribution in [3.63, 3.8) is 0 Å². The normalized spacial score (nSPS) is 11.9. The zero-order valence-corrected chi connectivity index (χ0v) is 10.9. The van der Waals surface area contributed by atoms with E-state index >= 15 is 0 Å². The maximum atomic E-state index is 11.2. The van der Waals surface area contributed by atoms with E-state index < -0.39 is 15.4 Å². The molecule has 0 radical (unpaired) electrons. The maximum absolute atomic E-state index is 11.2. The first-order valence-electron chi connectivity index (χ1n) is 5.09. The predicted molar refractivity (Wildman–Crippen MR) is 65.6 cm³/mol. The van der Waals surface area contributed by atoms with Gasteiger partial charge in [-0.15, -0.1) is 0 Å². The number of nitriles is 1. The Morgan fingerprint density at radius 2 is 1.82 bits per heavy atom. The molecule has 0 unspecified atom stereocenters. The molecule has 0 saturated carbocycles. The molecule has 0 aliphatic rings. The van der Waals surface area contributed by atoms with E-state index in [0.29, 0.717) is 11.3 Å². The first-order valence-corrected chi connectivity index (χ1v) is 7.15. The second-order valence-corrected chi connectivity index (χ2v) is 6.71. The summed E-state index contributed by atoms with van der Waals surface area (Å²) in [5.74, 6) is 0.498. The van der Waals surface area contributed by atoms with Crippen LogP contribution in [0.25, 0.3) is 0 Å². The molecule has 0 aliphatic heterocycles. The summed E-state index contributed by atoms with van der Waals surface area (Å²) >= 11 is 0. The number of benzene rings is 1. The Bertz CT molecular complexity index is 524. The minimum atomic E-state index is -3.09. The van der Waals surface area contributed by atoms with Gasteiger partial charge in [0, 0.05) is 6.26 Å². The number of nitrogens with zero attached hydrogens (tertiary/aromatic N) is 1. The van der Waals surface area contributed by atoms with Gasteiger partial charge < -0.3 is 4.74 Å². The molecule has 92 valence electrons. The van der Waals surface area contributed by atoms with Crippen LogP contribution in [0.15, 0.2) is 24.3 Å². The molecule has 4 nitrogen and oxygen atoms in total. The van der Waals surface area contributed by atoms with Crippen molar-refractivity contribution in [3.05, 3.63) is 29.8 Å². The number of rotatable bonds is 4. The van der Waals surface area contributed by atoms with Crippen molar-refractivity contribution in [1.29, 1.82) is 5.26 Å². The fourth-order valence-electron chi connectivity index (χ4n) is 1.58. The second-order valence-electron chi connectivity index (χ2n) is 4.57. The molecule has 0 aromatic heterocycles. The number of hydrogen-bond donors (Lipinski definition) is 0. The van der Waals surface area contributed by atoms with E-state index in [4.69, 9.17) is 10.00 Å². The van der Waals surface area contributed by atoms with Gasteiger partial charge in [-0.3, -0.25) is 0 Å². The lowest BCUT2D eigenvalue weighted by Crippen LogP contribution is -2.36. The Balaban J connectivity index is 2.80. The first kappa shape index (κ1) is 13.5. The topological polar surface area (TPSA) is 67.2 Å². The highest BCUT2D eigenvalue weighted by Crippen LogP contribution is 2.20. The molecule has 0 saturated heterocycles. The Morgan fingerprint density at radius 3 is 2.24 bits per heavy atom. The van der Waals surface area contributed by atoms with Crippen LogP contribution < -0.4 is 4.74 Å². The highest BCUT2D eigenvalue weighted by molar-refractivity contribution is 7.90. The molecule has 0 spiro atoms. The van der Waals surface area contributed by atoms with Crippen LogP contribution in [0, 0.1) is 11.3 Å². The summed E-state index contributed by atoms with van der Waals surface area (Å²) in [7, 11) is -3.09. The number of ether oxygens (including phenoxy) is 1. The summed E-state index contributed by atoms with van der Waals surface area (Å²) in [5.41, 5.74) is -0.250. The zero-order chi connectivity index (χ0) is 13.1. The lowest BCUT2D eigenvalue weighted by Gasteiger charge is -2.25. The van der Waals surface area contributed by atoms with Crippen molar-refractivity contribution in [3.8, 4) is 11.8 Å². The Morgan fingerprint density at radius 1 is 1.29 bits per heavy atom. The number of sulfone groups is 1. The van der Waals surface area contributed by atoms with E-state index in [-0.39, 0.29) is 5.75 Å².